The molecule has 0 aliphatic heterocycles. The topological polar surface area (TPSA) is 66.6 Å². The molecule has 0 spiro atoms. The van der Waals surface area contributed by atoms with Crippen molar-refractivity contribution in [1.29, 1.82) is 0 Å². The molecule has 0 unspecified atom stereocenters. The summed E-state index contributed by atoms with van der Waals surface area (Å²) in [5.74, 6) is 0. The number of benzene rings is 1. The van der Waals surface area contributed by atoms with Crippen molar-refractivity contribution in [2.24, 2.45) is 0 Å². The van der Waals surface area contributed by atoms with Crippen molar-refractivity contribution in [1.82, 2.24) is 4.31 Å². The molecule has 1 aromatic rings. The molecule has 0 amide bonds. The lowest BCUT2D eigenvalue weighted by atomic mass is 10.3. The minimum absolute atomic E-state index is 0.342. The molecule has 2 N–H and O–H groups in total. The van der Waals surface area contributed by atoms with Gasteiger partial charge < -0.3 is 5.73 Å². The zero-order valence-electron chi connectivity index (χ0n) is 9.71. The summed E-state index contributed by atoms with van der Waals surface area (Å²) in [5.41, 5.74) is 6.74. The van der Waals surface area contributed by atoms with Crippen molar-refractivity contribution in [2.45, 2.75) is 6.92 Å². The largest absolute Gasteiger partial charge is 0.397 e. The Morgan fingerprint density at radius 1 is 1.25 bits per heavy atom. The number of hydrogen-bond donors (Lipinski definition) is 1. The van der Waals surface area contributed by atoms with Crippen LogP contribution in [-0.4, -0.2) is 33.4 Å². The average molecular weight is 243 g/mol. The molecule has 0 radical (unpaired) electrons. The minimum atomic E-state index is -3.48. The number of nitrogens with zero attached hydrogens (tertiary/aromatic N) is 2. The lowest BCUT2D eigenvalue weighted by molar-refractivity contribution is 0.516. The number of rotatable bonds is 4. The molecular weight excluding hydrogens is 226 g/mol. The maximum Gasteiger partial charge on any atom is 0.303 e. The molecule has 0 saturated heterocycles. The normalized spacial score (nSPS) is 11.8. The van der Waals surface area contributed by atoms with Gasteiger partial charge in [0.2, 0.25) is 0 Å². The molecule has 0 heterocycles. The third-order valence-electron chi connectivity index (χ3n) is 2.23. The number of nitrogen functional groups attached to an aromatic ring is 1. The summed E-state index contributed by atoms with van der Waals surface area (Å²) in [5, 5.41) is 0. The van der Waals surface area contributed by atoms with Gasteiger partial charge in [0.25, 0.3) is 0 Å². The van der Waals surface area contributed by atoms with Gasteiger partial charge in [-0.25, -0.2) is 0 Å². The predicted molar refractivity (Wildman–Crippen MR) is 66.5 cm³/mol. The van der Waals surface area contributed by atoms with Crippen LogP contribution in [0.2, 0.25) is 0 Å². The molecule has 1 aromatic carbocycles. The molecule has 16 heavy (non-hydrogen) atoms. The van der Waals surface area contributed by atoms with Crippen LogP contribution >= 0.6 is 0 Å². The van der Waals surface area contributed by atoms with Crippen molar-refractivity contribution in [3.8, 4) is 0 Å². The zero-order chi connectivity index (χ0) is 12.3. The first-order chi connectivity index (χ1) is 7.41. The van der Waals surface area contributed by atoms with Crippen LogP contribution in [0.3, 0.4) is 0 Å². The van der Waals surface area contributed by atoms with E-state index in [-0.39, 0.29) is 0 Å². The molecule has 1 rings (SSSR count). The Kier molecular flexibility index (Phi) is 3.77. The summed E-state index contributed by atoms with van der Waals surface area (Å²) in [7, 11) is -0.484. The second-order valence-electron chi connectivity index (χ2n) is 3.51. The Labute approximate surface area is 96.6 Å². The summed E-state index contributed by atoms with van der Waals surface area (Å²) < 4.78 is 26.5. The number of nitrogens with two attached hydrogens (primary N) is 1. The van der Waals surface area contributed by atoms with E-state index in [1.54, 1.807) is 31.2 Å². The summed E-state index contributed by atoms with van der Waals surface area (Å²) in [4.78, 5) is 0. The first-order valence-electron chi connectivity index (χ1n) is 4.96. The van der Waals surface area contributed by atoms with E-state index in [9.17, 15) is 8.42 Å². The second kappa shape index (κ2) is 4.71. The van der Waals surface area contributed by atoms with E-state index in [4.69, 9.17) is 5.73 Å². The van der Waals surface area contributed by atoms with Crippen LogP contribution in [0.4, 0.5) is 11.4 Å². The highest BCUT2D eigenvalue weighted by Gasteiger charge is 2.24. The van der Waals surface area contributed by atoms with E-state index in [0.717, 1.165) is 0 Å². The fourth-order valence-corrected chi connectivity index (χ4v) is 2.50. The molecule has 0 fully saturated rings. The highest BCUT2D eigenvalue weighted by molar-refractivity contribution is 7.90. The molecule has 0 atom stereocenters. The fraction of sp³-hybridized carbons (Fsp3) is 0.400. The maximum absolute atomic E-state index is 12.0. The Morgan fingerprint density at radius 2 is 1.81 bits per heavy atom. The van der Waals surface area contributed by atoms with Gasteiger partial charge in [0.15, 0.2) is 0 Å². The van der Waals surface area contributed by atoms with Gasteiger partial charge >= 0.3 is 10.2 Å². The number of para-hydroxylation sites is 2. The highest BCUT2D eigenvalue weighted by atomic mass is 32.2. The molecule has 0 aliphatic rings. The fourth-order valence-electron chi connectivity index (χ4n) is 1.37. The molecule has 0 aliphatic carbocycles. The number of anilines is 2. The smallest absolute Gasteiger partial charge is 0.303 e. The third-order valence-corrected chi connectivity index (χ3v) is 4.17. The Morgan fingerprint density at radius 3 is 2.25 bits per heavy atom. The predicted octanol–water partition coefficient (Wildman–Crippen LogP) is 0.902. The van der Waals surface area contributed by atoms with E-state index in [0.29, 0.717) is 17.9 Å². The molecule has 5 nitrogen and oxygen atoms in total. The summed E-state index contributed by atoms with van der Waals surface area (Å²) in [6, 6.07) is 6.91. The second-order valence-corrected chi connectivity index (χ2v) is 5.58. The first-order valence-corrected chi connectivity index (χ1v) is 6.35. The van der Waals surface area contributed by atoms with Gasteiger partial charge in [-0.15, -0.1) is 0 Å². The van der Waals surface area contributed by atoms with Crippen LogP contribution in [0.15, 0.2) is 24.3 Å². The lowest BCUT2D eigenvalue weighted by Gasteiger charge is -2.27. The molecule has 6 heteroatoms. The van der Waals surface area contributed by atoms with Gasteiger partial charge in [0.05, 0.1) is 11.4 Å². The summed E-state index contributed by atoms with van der Waals surface area (Å²) in [6.07, 6.45) is 0. The van der Waals surface area contributed by atoms with E-state index in [1.807, 2.05) is 0 Å². The molecule has 0 saturated carbocycles. The molecule has 0 aromatic heterocycles. The van der Waals surface area contributed by atoms with E-state index < -0.39 is 10.2 Å². The van der Waals surface area contributed by atoms with Gasteiger partial charge in [-0.2, -0.15) is 12.7 Å². The van der Waals surface area contributed by atoms with Crippen molar-refractivity contribution in [3.63, 3.8) is 0 Å². The van der Waals surface area contributed by atoms with E-state index in [2.05, 4.69) is 0 Å². The summed E-state index contributed by atoms with van der Waals surface area (Å²) in [6.45, 7) is 2.11. The molecular formula is C10H17N3O2S. The summed E-state index contributed by atoms with van der Waals surface area (Å²) >= 11 is 0. The van der Waals surface area contributed by atoms with Crippen molar-refractivity contribution < 1.29 is 8.42 Å². The van der Waals surface area contributed by atoms with E-state index in [1.165, 1.54) is 22.7 Å². The van der Waals surface area contributed by atoms with Gasteiger partial charge in [0.1, 0.15) is 0 Å². The Bertz CT molecular complexity index is 457. The first kappa shape index (κ1) is 12.8. The van der Waals surface area contributed by atoms with E-state index >= 15 is 0 Å². The number of hydrogen-bond acceptors (Lipinski definition) is 3. The van der Waals surface area contributed by atoms with Crippen LogP contribution in [0.1, 0.15) is 6.92 Å². The Hall–Kier alpha value is -1.27. The van der Waals surface area contributed by atoms with Crippen molar-refractivity contribution in [2.75, 3.05) is 30.7 Å². The SMILES string of the molecule is CCN(c1ccccc1N)S(=O)(=O)N(C)C. The zero-order valence-corrected chi connectivity index (χ0v) is 10.5. The monoisotopic (exact) mass is 243 g/mol. The molecule has 90 valence electrons. The van der Waals surface area contributed by atoms with Gasteiger partial charge in [-0.05, 0) is 19.1 Å². The van der Waals surface area contributed by atoms with Crippen molar-refractivity contribution >= 4 is 21.6 Å². The van der Waals surface area contributed by atoms with Crippen LogP contribution in [0.5, 0.6) is 0 Å². The average Bonchev–Trinajstić information content (AvgIpc) is 2.21. The van der Waals surface area contributed by atoms with Crippen LogP contribution in [-0.2, 0) is 10.2 Å². The maximum atomic E-state index is 12.0. The van der Waals surface area contributed by atoms with Crippen LogP contribution in [0, 0.1) is 0 Å². The van der Waals surface area contributed by atoms with Crippen LogP contribution < -0.4 is 10.0 Å². The minimum Gasteiger partial charge on any atom is -0.397 e. The third kappa shape index (κ3) is 2.28. The molecule has 0 bridgehead atoms. The van der Waals surface area contributed by atoms with Gasteiger partial charge in [0, 0.05) is 20.6 Å². The Balaban J connectivity index is 3.25. The van der Waals surface area contributed by atoms with Gasteiger partial charge in [-0.3, -0.25) is 4.31 Å². The quantitative estimate of drug-likeness (QED) is 0.799. The van der Waals surface area contributed by atoms with Crippen LogP contribution in [0.25, 0.3) is 0 Å². The standard InChI is InChI=1S/C10H17N3O2S/c1-4-13(16(14,15)12(2)3)10-8-6-5-7-9(10)11/h5-8H,4,11H2,1-3H3. The van der Waals surface area contributed by atoms with Crippen molar-refractivity contribution in [3.05, 3.63) is 24.3 Å². The highest BCUT2D eigenvalue weighted by Crippen LogP contribution is 2.25. The lowest BCUT2D eigenvalue weighted by Crippen LogP contribution is -2.40. The van der Waals surface area contributed by atoms with Gasteiger partial charge in [-0.1, -0.05) is 12.1 Å².